The van der Waals surface area contributed by atoms with Crippen LogP contribution in [0.25, 0.3) is 33.1 Å². The highest BCUT2D eigenvalue weighted by Crippen LogP contribution is 2.35. The third kappa shape index (κ3) is 3.96. The summed E-state index contributed by atoms with van der Waals surface area (Å²) >= 11 is 6.02. The first kappa shape index (κ1) is 22.2. The average molecular weight is 479 g/mol. The fraction of sp³-hybridized carbons (Fsp3) is 0.269. The lowest BCUT2D eigenvalue weighted by Crippen LogP contribution is -2.42. The predicted molar refractivity (Wildman–Crippen MR) is 130 cm³/mol. The maximum Gasteiger partial charge on any atom is 0.340 e. The number of primary amides is 1. The number of halogens is 1. The molecule has 1 aliphatic heterocycles. The summed E-state index contributed by atoms with van der Waals surface area (Å²) in [5, 5.41) is 2.27. The maximum absolute atomic E-state index is 12.9. The molecule has 174 valence electrons. The quantitative estimate of drug-likeness (QED) is 0.436. The molecule has 2 N–H and O–H groups in total. The lowest BCUT2D eigenvalue weighted by atomic mass is 9.95. The number of aryl methyl sites for hydroxylation is 1. The molecule has 0 radical (unpaired) electrons. The highest BCUT2D eigenvalue weighted by atomic mass is 35.5. The summed E-state index contributed by atoms with van der Waals surface area (Å²) in [6, 6.07) is 11.1. The number of benzene rings is 2. The summed E-state index contributed by atoms with van der Waals surface area (Å²) in [4.78, 5) is 38.8. The zero-order valence-electron chi connectivity index (χ0n) is 18.6. The molecule has 34 heavy (non-hydrogen) atoms. The molecule has 2 amide bonds. The molecule has 1 aliphatic rings. The van der Waals surface area contributed by atoms with E-state index in [4.69, 9.17) is 26.2 Å². The Balaban J connectivity index is 1.49. The van der Waals surface area contributed by atoms with E-state index in [1.165, 1.54) is 0 Å². The first-order valence-corrected chi connectivity index (χ1v) is 11.5. The van der Waals surface area contributed by atoms with Crippen LogP contribution in [0.3, 0.4) is 0 Å². The smallest absolute Gasteiger partial charge is 0.340 e. The van der Waals surface area contributed by atoms with Crippen LogP contribution in [0.5, 0.6) is 0 Å². The highest BCUT2D eigenvalue weighted by Gasteiger charge is 2.27. The van der Waals surface area contributed by atoms with Gasteiger partial charge in [0.25, 0.3) is 0 Å². The summed E-state index contributed by atoms with van der Waals surface area (Å²) < 4.78 is 11.3. The molecular formula is C26H23ClN2O5. The van der Waals surface area contributed by atoms with Crippen molar-refractivity contribution in [2.75, 3.05) is 13.1 Å². The average Bonchev–Trinajstić information content (AvgIpc) is 3.24. The van der Waals surface area contributed by atoms with Crippen molar-refractivity contribution in [2.45, 2.75) is 26.2 Å². The van der Waals surface area contributed by atoms with E-state index in [0.717, 1.165) is 21.9 Å². The molecule has 4 aromatic rings. The van der Waals surface area contributed by atoms with E-state index in [1.54, 1.807) is 17.2 Å². The molecule has 3 heterocycles. The first-order valence-electron chi connectivity index (χ1n) is 11.1. The van der Waals surface area contributed by atoms with Crippen molar-refractivity contribution in [3.63, 3.8) is 0 Å². The van der Waals surface area contributed by atoms with Crippen molar-refractivity contribution < 1.29 is 18.4 Å². The Hall–Kier alpha value is -3.58. The van der Waals surface area contributed by atoms with Crippen LogP contribution in [0.15, 0.2) is 56.3 Å². The van der Waals surface area contributed by atoms with Crippen LogP contribution in [0.1, 0.15) is 24.0 Å². The molecule has 0 atom stereocenters. The van der Waals surface area contributed by atoms with Gasteiger partial charge in [0.1, 0.15) is 11.2 Å². The minimum absolute atomic E-state index is 0.0567. The van der Waals surface area contributed by atoms with Gasteiger partial charge in [0.2, 0.25) is 11.8 Å². The highest BCUT2D eigenvalue weighted by molar-refractivity contribution is 6.30. The number of likely N-dealkylation sites (tertiary alicyclic amines) is 1. The van der Waals surface area contributed by atoms with Gasteiger partial charge < -0.3 is 19.5 Å². The molecule has 2 aromatic heterocycles. The Morgan fingerprint density at radius 2 is 1.79 bits per heavy atom. The Kier molecular flexibility index (Phi) is 5.65. The van der Waals surface area contributed by atoms with Gasteiger partial charge in [0.15, 0.2) is 0 Å². The zero-order valence-corrected chi connectivity index (χ0v) is 19.4. The fourth-order valence-electron chi connectivity index (χ4n) is 4.64. The second-order valence-corrected chi connectivity index (χ2v) is 9.16. The van der Waals surface area contributed by atoms with E-state index in [-0.39, 0.29) is 24.2 Å². The van der Waals surface area contributed by atoms with Gasteiger partial charge in [0.05, 0.1) is 18.2 Å². The number of carbonyl (C=O) groups excluding carboxylic acids is 2. The molecule has 1 saturated heterocycles. The molecule has 0 aliphatic carbocycles. The van der Waals surface area contributed by atoms with Crippen molar-refractivity contribution in [3.8, 4) is 11.1 Å². The van der Waals surface area contributed by atoms with Gasteiger partial charge >= 0.3 is 5.63 Å². The van der Waals surface area contributed by atoms with Crippen LogP contribution < -0.4 is 11.4 Å². The molecule has 7 nitrogen and oxygen atoms in total. The second kappa shape index (κ2) is 8.65. The zero-order chi connectivity index (χ0) is 24.0. The SMILES string of the molecule is Cc1c(CC(=O)N2CCC(C(N)=O)CC2)c(=O)oc2cc3occ(-c4ccc(Cl)cc4)c3cc12. The van der Waals surface area contributed by atoms with Crippen LogP contribution in [0.4, 0.5) is 0 Å². The number of hydrogen-bond acceptors (Lipinski definition) is 5. The minimum Gasteiger partial charge on any atom is -0.464 e. The summed E-state index contributed by atoms with van der Waals surface area (Å²) in [6.07, 6.45) is 2.69. The van der Waals surface area contributed by atoms with E-state index < -0.39 is 5.63 Å². The summed E-state index contributed by atoms with van der Waals surface area (Å²) in [5.74, 6) is -0.700. The molecule has 5 rings (SSSR count). The lowest BCUT2D eigenvalue weighted by molar-refractivity contribution is -0.134. The number of furan rings is 1. The molecule has 1 fully saturated rings. The van der Waals surface area contributed by atoms with Crippen LogP contribution in [-0.4, -0.2) is 29.8 Å². The normalized spacial score (nSPS) is 14.7. The largest absolute Gasteiger partial charge is 0.464 e. The van der Waals surface area contributed by atoms with Gasteiger partial charge in [-0.3, -0.25) is 9.59 Å². The first-order chi connectivity index (χ1) is 16.3. The number of nitrogens with two attached hydrogens (primary N) is 1. The van der Waals surface area contributed by atoms with Gasteiger partial charge in [0, 0.05) is 46.4 Å². The van der Waals surface area contributed by atoms with Gasteiger partial charge in [-0.25, -0.2) is 4.79 Å². The van der Waals surface area contributed by atoms with Crippen molar-refractivity contribution in [1.82, 2.24) is 4.90 Å². The molecule has 8 heteroatoms. The second-order valence-electron chi connectivity index (χ2n) is 8.73. The van der Waals surface area contributed by atoms with E-state index in [9.17, 15) is 14.4 Å². The van der Waals surface area contributed by atoms with Gasteiger partial charge in [-0.05, 0) is 49.1 Å². The van der Waals surface area contributed by atoms with Crippen molar-refractivity contribution in [3.05, 3.63) is 69.2 Å². The summed E-state index contributed by atoms with van der Waals surface area (Å²) in [6.45, 7) is 2.73. The predicted octanol–water partition coefficient (Wildman–Crippen LogP) is 4.43. The summed E-state index contributed by atoms with van der Waals surface area (Å²) in [5.41, 5.74) is 8.75. The number of carbonyl (C=O) groups is 2. The Bertz CT molecular complexity index is 1480. The number of hydrogen-bond donors (Lipinski definition) is 1. The third-order valence-electron chi connectivity index (χ3n) is 6.71. The number of amides is 2. The number of nitrogens with zero attached hydrogens (tertiary/aromatic N) is 1. The maximum atomic E-state index is 12.9. The molecular weight excluding hydrogens is 456 g/mol. The monoisotopic (exact) mass is 478 g/mol. The fourth-order valence-corrected chi connectivity index (χ4v) is 4.77. The number of rotatable bonds is 4. The third-order valence-corrected chi connectivity index (χ3v) is 6.97. The van der Waals surface area contributed by atoms with Crippen LogP contribution in [0, 0.1) is 12.8 Å². The topological polar surface area (TPSA) is 107 Å². The van der Waals surface area contributed by atoms with E-state index >= 15 is 0 Å². The standard InChI is InChI=1S/C26H23ClN2O5/c1-14-18-10-20-21(15-2-4-17(27)5-3-15)13-33-22(20)12-23(18)34-26(32)19(14)11-24(30)29-8-6-16(7-9-29)25(28)31/h2-5,10,12-13,16H,6-9,11H2,1H3,(H2,28,31). The number of piperidine rings is 1. The van der Waals surface area contributed by atoms with Gasteiger partial charge in [-0.1, -0.05) is 23.7 Å². The van der Waals surface area contributed by atoms with Crippen molar-refractivity contribution in [2.24, 2.45) is 11.7 Å². The Morgan fingerprint density at radius 1 is 1.09 bits per heavy atom. The lowest BCUT2D eigenvalue weighted by Gasteiger charge is -2.30. The van der Waals surface area contributed by atoms with Gasteiger partial charge in [-0.2, -0.15) is 0 Å². The van der Waals surface area contributed by atoms with Crippen LogP contribution in [0.2, 0.25) is 5.02 Å². The van der Waals surface area contributed by atoms with Crippen molar-refractivity contribution >= 4 is 45.4 Å². The molecule has 0 unspecified atom stereocenters. The molecule has 0 bridgehead atoms. The van der Waals surface area contributed by atoms with Gasteiger partial charge in [-0.15, -0.1) is 0 Å². The van der Waals surface area contributed by atoms with E-state index in [0.29, 0.717) is 53.2 Å². The summed E-state index contributed by atoms with van der Waals surface area (Å²) in [7, 11) is 0. The van der Waals surface area contributed by atoms with Crippen LogP contribution in [-0.2, 0) is 16.0 Å². The van der Waals surface area contributed by atoms with Crippen LogP contribution >= 0.6 is 11.6 Å². The molecule has 0 spiro atoms. The van der Waals surface area contributed by atoms with Crippen molar-refractivity contribution in [1.29, 1.82) is 0 Å². The molecule has 2 aromatic carbocycles. The van der Waals surface area contributed by atoms with E-state index in [1.807, 2.05) is 37.3 Å². The minimum atomic E-state index is -0.533. The Labute approximate surface area is 200 Å². The molecule has 0 saturated carbocycles. The number of fused-ring (bicyclic) bond motifs is 2. The van der Waals surface area contributed by atoms with E-state index in [2.05, 4.69) is 0 Å². The Morgan fingerprint density at radius 3 is 2.47 bits per heavy atom.